The Kier molecular flexibility index (Phi) is 4.40. The van der Waals surface area contributed by atoms with Crippen LogP contribution >= 0.6 is 0 Å². The minimum Gasteiger partial charge on any atom is -0.508 e. The van der Waals surface area contributed by atoms with Gasteiger partial charge in [-0.25, -0.2) is 4.79 Å². The third-order valence-electron chi connectivity index (χ3n) is 7.78. The standard InChI is InChI=1S/C22H31NO3/c1-4-13-11-14-12-15(24)5-6-16(14)17-9-10-22(2)18(20(13)17)7-8-19(22)26-21(25)23-3/h5-6,12-13,17-20,24H,4,7-11H2,1-3H3,(H,23,25). The smallest absolute Gasteiger partial charge is 0.407 e. The van der Waals surface area contributed by atoms with Gasteiger partial charge in [-0.3, -0.25) is 0 Å². The molecule has 26 heavy (non-hydrogen) atoms. The van der Waals surface area contributed by atoms with Crippen molar-refractivity contribution in [1.29, 1.82) is 0 Å². The molecule has 6 unspecified atom stereocenters. The lowest BCUT2D eigenvalue weighted by molar-refractivity contribution is -0.0446. The molecule has 142 valence electrons. The van der Waals surface area contributed by atoms with Crippen LogP contribution in [0.4, 0.5) is 4.79 Å². The van der Waals surface area contributed by atoms with Gasteiger partial charge < -0.3 is 15.2 Å². The van der Waals surface area contributed by atoms with Crippen molar-refractivity contribution >= 4 is 6.09 Å². The molecular weight excluding hydrogens is 326 g/mol. The fourth-order valence-corrected chi connectivity index (χ4v) is 6.51. The maximum atomic E-state index is 11.8. The first kappa shape index (κ1) is 17.7. The average molecular weight is 357 g/mol. The Balaban J connectivity index is 1.67. The third kappa shape index (κ3) is 2.60. The predicted octanol–water partition coefficient (Wildman–Crippen LogP) is 4.61. The molecule has 0 spiro atoms. The van der Waals surface area contributed by atoms with E-state index < -0.39 is 0 Å². The number of nitrogens with one attached hydrogen (secondary N) is 1. The van der Waals surface area contributed by atoms with Crippen molar-refractivity contribution < 1.29 is 14.6 Å². The number of rotatable bonds is 2. The first-order valence-corrected chi connectivity index (χ1v) is 10.2. The summed E-state index contributed by atoms with van der Waals surface area (Å²) in [6, 6.07) is 5.99. The number of carbonyl (C=O) groups is 1. The van der Waals surface area contributed by atoms with Crippen LogP contribution in [0.25, 0.3) is 0 Å². The Labute approximate surface area is 156 Å². The van der Waals surface area contributed by atoms with Crippen molar-refractivity contribution in [3.63, 3.8) is 0 Å². The highest BCUT2D eigenvalue weighted by Gasteiger charge is 2.57. The number of carbonyl (C=O) groups excluding carboxylic acids is 1. The van der Waals surface area contributed by atoms with Crippen LogP contribution < -0.4 is 5.32 Å². The topological polar surface area (TPSA) is 58.6 Å². The van der Waals surface area contributed by atoms with E-state index in [1.165, 1.54) is 17.5 Å². The number of amides is 1. The van der Waals surface area contributed by atoms with Crippen molar-refractivity contribution in [3.05, 3.63) is 29.3 Å². The fraction of sp³-hybridized carbons (Fsp3) is 0.682. The van der Waals surface area contributed by atoms with Crippen LogP contribution in [0, 0.1) is 23.2 Å². The molecule has 2 saturated carbocycles. The zero-order valence-corrected chi connectivity index (χ0v) is 16.1. The van der Waals surface area contributed by atoms with Crippen LogP contribution in [-0.4, -0.2) is 24.4 Å². The van der Waals surface area contributed by atoms with Gasteiger partial charge in [-0.2, -0.15) is 0 Å². The van der Waals surface area contributed by atoms with E-state index in [0.29, 0.717) is 29.4 Å². The van der Waals surface area contributed by atoms with Crippen molar-refractivity contribution in [2.45, 2.75) is 64.4 Å². The molecule has 2 N–H and O–H groups in total. The SMILES string of the molecule is CCC1Cc2cc(O)ccc2C2CCC3(C)C(OC(=O)NC)CCC3C12. The van der Waals surface area contributed by atoms with Gasteiger partial charge in [0.1, 0.15) is 11.9 Å². The number of aromatic hydroxyl groups is 1. The van der Waals surface area contributed by atoms with E-state index in [0.717, 1.165) is 32.1 Å². The Hall–Kier alpha value is -1.71. The number of fused-ring (bicyclic) bond motifs is 5. The van der Waals surface area contributed by atoms with E-state index in [2.05, 4.69) is 25.2 Å². The molecule has 0 saturated heterocycles. The summed E-state index contributed by atoms with van der Waals surface area (Å²) < 4.78 is 5.78. The summed E-state index contributed by atoms with van der Waals surface area (Å²) in [5.74, 6) is 2.90. The van der Waals surface area contributed by atoms with Gasteiger partial charge in [0.2, 0.25) is 0 Å². The number of hydrogen-bond donors (Lipinski definition) is 2. The van der Waals surface area contributed by atoms with E-state index in [1.807, 2.05) is 12.1 Å². The third-order valence-corrected chi connectivity index (χ3v) is 7.78. The van der Waals surface area contributed by atoms with E-state index in [4.69, 9.17) is 4.74 Å². The molecule has 1 amide bonds. The molecule has 3 aliphatic rings. The Morgan fingerprint density at radius 3 is 2.88 bits per heavy atom. The lowest BCUT2D eigenvalue weighted by Crippen LogP contribution is -2.48. The lowest BCUT2D eigenvalue weighted by atomic mass is 9.52. The Bertz CT molecular complexity index is 703. The molecule has 2 fully saturated rings. The van der Waals surface area contributed by atoms with Crippen LogP contribution in [0.1, 0.15) is 63.0 Å². The van der Waals surface area contributed by atoms with Crippen LogP contribution in [0.2, 0.25) is 0 Å². The Morgan fingerprint density at radius 2 is 2.15 bits per heavy atom. The van der Waals surface area contributed by atoms with E-state index in [1.54, 1.807) is 7.05 Å². The second-order valence-corrected chi connectivity index (χ2v) is 8.81. The van der Waals surface area contributed by atoms with Gasteiger partial charge >= 0.3 is 6.09 Å². The van der Waals surface area contributed by atoms with Gasteiger partial charge in [0.15, 0.2) is 0 Å². The molecule has 1 aromatic rings. The van der Waals surface area contributed by atoms with Crippen LogP contribution in [-0.2, 0) is 11.2 Å². The maximum Gasteiger partial charge on any atom is 0.407 e. The van der Waals surface area contributed by atoms with Crippen LogP contribution in [0.3, 0.4) is 0 Å². The summed E-state index contributed by atoms with van der Waals surface area (Å²) in [5, 5.41) is 12.5. The van der Waals surface area contributed by atoms with E-state index in [-0.39, 0.29) is 17.6 Å². The number of phenols is 1. The summed E-state index contributed by atoms with van der Waals surface area (Å²) in [5.41, 5.74) is 2.89. The second kappa shape index (κ2) is 6.47. The summed E-state index contributed by atoms with van der Waals surface area (Å²) in [6.45, 7) is 4.66. The van der Waals surface area contributed by atoms with Crippen molar-refractivity contribution in [1.82, 2.24) is 5.32 Å². The molecule has 3 aliphatic carbocycles. The fourth-order valence-electron chi connectivity index (χ4n) is 6.51. The molecule has 0 radical (unpaired) electrons. The van der Waals surface area contributed by atoms with Crippen molar-refractivity contribution in [2.75, 3.05) is 7.05 Å². The summed E-state index contributed by atoms with van der Waals surface area (Å²) >= 11 is 0. The van der Waals surface area contributed by atoms with E-state index >= 15 is 0 Å². The molecule has 4 nitrogen and oxygen atoms in total. The Morgan fingerprint density at radius 1 is 1.35 bits per heavy atom. The number of alkyl carbamates (subject to hydrolysis) is 1. The molecular formula is C22H31NO3. The number of phenolic OH excluding ortho intramolecular Hbond substituents is 1. The highest BCUT2D eigenvalue weighted by atomic mass is 16.6. The van der Waals surface area contributed by atoms with Gasteiger partial charge in [0.05, 0.1) is 0 Å². The number of ether oxygens (including phenoxy) is 1. The maximum absolute atomic E-state index is 11.8. The van der Waals surface area contributed by atoms with Gasteiger partial charge in [0.25, 0.3) is 0 Å². The molecule has 0 bridgehead atoms. The normalized spacial score (nSPS) is 38.0. The monoisotopic (exact) mass is 357 g/mol. The minimum atomic E-state index is -0.296. The summed E-state index contributed by atoms with van der Waals surface area (Å²) in [6.07, 6.45) is 6.37. The van der Waals surface area contributed by atoms with Gasteiger partial charge in [-0.15, -0.1) is 0 Å². The molecule has 6 atom stereocenters. The first-order chi connectivity index (χ1) is 12.5. The zero-order chi connectivity index (χ0) is 18.5. The summed E-state index contributed by atoms with van der Waals surface area (Å²) in [7, 11) is 1.63. The number of hydrogen-bond acceptors (Lipinski definition) is 3. The molecule has 0 aliphatic heterocycles. The second-order valence-electron chi connectivity index (χ2n) is 8.81. The number of benzene rings is 1. The zero-order valence-electron chi connectivity index (χ0n) is 16.1. The van der Waals surface area contributed by atoms with Crippen LogP contribution in [0.15, 0.2) is 18.2 Å². The molecule has 0 aromatic heterocycles. The average Bonchev–Trinajstić information content (AvgIpc) is 2.96. The van der Waals surface area contributed by atoms with Crippen molar-refractivity contribution in [2.24, 2.45) is 23.2 Å². The first-order valence-electron chi connectivity index (χ1n) is 10.2. The largest absolute Gasteiger partial charge is 0.508 e. The lowest BCUT2D eigenvalue weighted by Gasteiger charge is -2.53. The van der Waals surface area contributed by atoms with Gasteiger partial charge in [-0.1, -0.05) is 26.3 Å². The van der Waals surface area contributed by atoms with Crippen LogP contribution in [0.5, 0.6) is 5.75 Å². The summed E-state index contributed by atoms with van der Waals surface area (Å²) in [4.78, 5) is 11.8. The predicted molar refractivity (Wildman–Crippen MR) is 101 cm³/mol. The molecule has 4 rings (SSSR count). The van der Waals surface area contributed by atoms with Gasteiger partial charge in [0, 0.05) is 12.5 Å². The minimum absolute atomic E-state index is 0.0344. The molecule has 4 heteroatoms. The van der Waals surface area contributed by atoms with Crippen molar-refractivity contribution in [3.8, 4) is 5.75 Å². The van der Waals surface area contributed by atoms with Gasteiger partial charge in [-0.05, 0) is 79.0 Å². The van der Waals surface area contributed by atoms with E-state index in [9.17, 15) is 9.90 Å². The molecule has 0 heterocycles. The molecule has 1 aromatic carbocycles. The quantitative estimate of drug-likeness (QED) is 0.813. The highest BCUT2D eigenvalue weighted by molar-refractivity contribution is 5.67. The highest BCUT2D eigenvalue weighted by Crippen LogP contribution is 2.63.